The van der Waals surface area contributed by atoms with Crippen molar-refractivity contribution in [3.05, 3.63) is 24.0 Å². The lowest BCUT2D eigenvalue weighted by molar-refractivity contribution is 0.689. The topological polar surface area (TPSA) is 103 Å². The van der Waals surface area contributed by atoms with Crippen molar-refractivity contribution in [2.75, 3.05) is 17.6 Å². The number of nitrogen functional groups attached to an aromatic ring is 1. The molecule has 0 aromatic carbocycles. The summed E-state index contributed by atoms with van der Waals surface area (Å²) < 4.78 is 0. The third-order valence-corrected chi connectivity index (χ3v) is 2.72. The molecule has 2 rings (SSSR count). The quantitative estimate of drug-likeness (QED) is 0.617. The highest BCUT2D eigenvalue weighted by molar-refractivity contribution is 5.87. The molecular weight excluding hydrogens is 240 g/mol. The summed E-state index contributed by atoms with van der Waals surface area (Å²) in [6.07, 6.45) is 4.50. The van der Waals surface area contributed by atoms with Gasteiger partial charge in [-0.15, -0.1) is 0 Å². The van der Waals surface area contributed by atoms with Crippen molar-refractivity contribution >= 4 is 17.6 Å². The van der Waals surface area contributed by atoms with Gasteiger partial charge in [0.05, 0.1) is 17.6 Å². The molecule has 19 heavy (non-hydrogen) atoms. The third kappa shape index (κ3) is 2.90. The van der Waals surface area contributed by atoms with E-state index in [1.165, 1.54) is 6.21 Å². The summed E-state index contributed by atoms with van der Waals surface area (Å²) in [6, 6.07) is 1.88. The van der Waals surface area contributed by atoms with Crippen LogP contribution in [0, 0.1) is 11.3 Å². The van der Waals surface area contributed by atoms with Crippen LogP contribution in [0.2, 0.25) is 0 Å². The number of nitrogens with zero attached hydrogens (tertiary/aromatic N) is 2. The number of anilines is 2. The molecule has 0 aliphatic heterocycles. The van der Waals surface area contributed by atoms with Crippen LogP contribution in [-0.2, 0) is 0 Å². The van der Waals surface area contributed by atoms with Gasteiger partial charge in [-0.1, -0.05) is 13.8 Å². The number of H-pyrrole nitrogens is 1. The Bertz CT molecular complexity index is 572. The van der Waals surface area contributed by atoms with E-state index in [4.69, 9.17) is 11.1 Å². The van der Waals surface area contributed by atoms with Crippen molar-refractivity contribution in [1.29, 1.82) is 5.41 Å². The molecule has 0 amide bonds. The van der Waals surface area contributed by atoms with Gasteiger partial charge in [-0.3, -0.25) is 10.1 Å². The molecule has 0 aliphatic carbocycles. The Balaban J connectivity index is 2.35. The molecule has 6 heteroatoms. The number of hydrogen-bond acceptors (Lipinski definition) is 5. The highest BCUT2D eigenvalue weighted by atomic mass is 15.1. The van der Waals surface area contributed by atoms with Gasteiger partial charge in [0.1, 0.15) is 5.69 Å². The van der Waals surface area contributed by atoms with Crippen LogP contribution >= 0.6 is 0 Å². The minimum atomic E-state index is 0.521. The number of hydrogen-bond donors (Lipinski definition) is 4. The first-order valence-electron chi connectivity index (χ1n) is 6.15. The number of nitrogens with two attached hydrogens (primary N) is 1. The first-order chi connectivity index (χ1) is 9.11. The summed E-state index contributed by atoms with van der Waals surface area (Å²) in [6.45, 7) is 5.10. The van der Waals surface area contributed by atoms with Gasteiger partial charge >= 0.3 is 0 Å². The Morgan fingerprint density at radius 2 is 2.26 bits per heavy atom. The number of rotatable bonds is 5. The van der Waals surface area contributed by atoms with Crippen LogP contribution in [0.1, 0.15) is 19.4 Å². The normalized spacial score (nSPS) is 10.7. The summed E-state index contributed by atoms with van der Waals surface area (Å²) in [4.78, 5) is 4.30. The Morgan fingerprint density at radius 1 is 1.47 bits per heavy atom. The molecule has 0 fully saturated rings. The fourth-order valence-electron chi connectivity index (χ4n) is 1.69. The predicted molar refractivity (Wildman–Crippen MR) is 77.4 cm³/mol. The number of aromatic nitrogens is 3. The molecular formula is C13H18N6. The first kappa shape index (κ1) is 13.1. The maximum atomic E-state index is 7.41. The van der Waals surface area contributed by atoms with Crippen LogP contribution in [0.4, 0.5) is 11.4 Å². The van der Waals surface area contributed by atoms with E-state index in [1.54, 1.807) is 12.4 Å². The zero-order chi connectivity index (χ0) is 13.8. The average molecular weight is 258 g/mol. The number of pyridine rings is 1. The summed E-state index contributed by atoms with van der Waals surface area (Å²) in [5.74, 6) is 0.521. The van der Waals surface area contributed by atoms with Gasteiger partial charge in [0, 0.05) is 30.2 Å². The van der Waals surface area contributed by atoms with Gasteiger partial charge in [-0.05, 0) is 12.0 Å². The van der Waals surface area contributed by atoms with E-state index in [-0.39, 0.29) is 0 Å². The lowest BCUT2D eigenvalue weighted by Crippen LogP contribution is -2.10. The summed E-state index contributed by atoms with van der Waals surface area (Å²) >= 11 is 0. The monoisotopic (exact) mass is 258 g/mol. The highest BCUT2D eigenvalue weighted by Crippen LogP contribution is 2.25. The molecule has 2 aromatic heterocycles. The van der Waals surface area contributed by atoms with Crippen LogP contribution in [0.3, 0.4) is 0 Å². The molecule has 2 aromatic rings. The molecule has 0 saturated carbocycles. The van der Waals surface area contributed by atoms with E-state index < -0.39 is 0 Å². The van der Waals surface area contributed by atoms with Gasteiger partial charge in [-0.25, -0.2) is 0 Å². The molecule has 100 valence electrons. The standard InChI is InChI=1S/C13H18N6/c1-8(2)5-16-11-3-12(17-6-9(11)4-14)13-10(15)7-18-19-13/h3-4,6-8,14H,5,15H2,1-2H3,(H,16,17)(H,18,19). The molecule has 0 aliphatic rings. The van der Waals surface area contributed by atoms with Crippen molar-refractivity contribution < 1.29 is 0 Å². The highest BCUT2D eigenvalue weighted by Gasteiger charge is 2.09. The average Bonchev–Trinajstić information content (AvgIpc) is 2.82. The van der Waals surface area contributed by atoms with Gasteiger partial charge in [-0.2, -0.15) is 5.10 Å². The van der Waals surface area contributed by atoms with E-state index in [0.717, 1.165) is 17.8 Å². The van der Waals surface area contributed by atoms with E-state index in [9.17, 15) is 0 Å². The Hall–Kier alpha value is -2.37. The minimum Gasteiger partial charge on any atom is -0.396 e. The van der Waals surface area contributed by atoms with Crippen LogP contribution in [0.25, 0.3) is 11.4 Å². The SMILES string of the molecule is CC(C)CNc1cc(-c2[nH]ncc2N)ncc1C=N. The number of nitrogens with one attached hydrogen (secondary N) is 3. The van der Waals surface area contributed by atoms with E-state index in [2.05, 4.69) is 34.3 Å². The first-order valence-corrected chi connectivity index (χ1v) is 6.15. The number of aromatic amines is 1. The van der Waals surface area contributed by atoms with Gasteiger partial charge in [0.25, 0.3) is 0 Å². The molecule has 0 bridgehead atoms. The zero-order valence-electron chi connectivity index (χ0n) is 11.1. The Labute approximate surface area is 112 Å². The Kier molecular flexibility index (Phi) is 3.79. The van der Waals surface area contributed by atoms with E-state index in [1.807, 2.05) is 6.07 Å². The van der Waals surface area contributed by atoms with Crippen molar-refractivity contribution in [2.45, 2.75) is 13.8 Å². The van der Waals surface area contributed by atoms with Crippen molar-refractivity contribution in [3.63, 3.8) is 0 Å². The van der Waals surface area contributed by atoms with Crippen molar-refractivity contribution in [2.24, 2.45) is 5.92 Å². The van der Waals surface area contributed by atoms with Crippen molar-refractivity contribution in [3.8, 4) is 11.4 Å². The fourth-order valence-corrected chi connectivity index (χ4v) is 1.69. The maximum absolute atomic E-state index is 7.41. The largest absolute Gasteiger partial charge is 0.396 e. The summed E-state index contributed by atoms with van der Waals surface area (Å²) in [7, 11) is 0. The van der Waals surface area contributed by atoms with Gasteiger partial charge < -0.3 is 16.5 Å². The minimum absolute atomic E-state index is 0.521. The lowest BCUT2D eigenvalue weighted by Gasteiger charge is -2.12. The molecule has 0 radical (unpaired) electrons. The molecule has 2 heterocycles. The van der Waals surface area contributed by atoms with Crippen LogP contribution < -0.4 is 11.1 Å². The van der Waals surface area contributed by atoms with Crippen molar-refractivity contribution in [1.82, 2.24) is 15.2 Å². The smallest absolute Gasteiger partial charge is 0.106 e. The molecule has 0 atom stereocenters. The predicted octanol–water partition coefficient (Wildman–Crippen LogP) is 2.12. The second-order valence-corrected chi connectivity index (χ2v) is 4.78. The Morgan fingerprint density at radius 3 is 2.84 bits per heavy atom. The lowest BCUT2D eigenvalue weighted by atomic mass is 10.1. The zero-order valence-corrected chi connectivity index (χ0v) is 11.1. The molecule has 0 saturated heterocycles. The van der Waals surface area contributed by atoms with E-state index in [0.29, 0.717) is 23.0 Å². The summed E-state index contributed by atoms with van der Waals surface area (Å²) in [5, 5.41) is 17.4. The van der Waals surface area contributed by atoms with Crippen LogP contribution in [-0.4, -0.2) is 27.9 Å². The summed E-state index contributed by atoms with van der Waals surface area (Å²) in [5.41, 5.74) is 9.42. The second-order valence-electron chi connectivity index (χ2n) is 4.78. The second kappa shape index (κ2) is 5.51. The molecule has 6 nitrogen and oxygen atoms in total. The van der Waals surface area contributed by atoms with Gasteiger partial charge in [0.15, 0.2) is 0 Å². The fraction of sp³-hybridized carbons (Fsp3) is 0.308. The van der Waals surface area contributed by atoms with E-state index >= 15 is 0 Å². The molecule has 5 N–H and O–H groups in total. The molecule has 0 spiro atoms. The van der Waals surface area contributed by atoms with Crippen LogP contribution in [0.5, 0.6) is 0 Å². The third-order valence-electron chi connectivity index (χ3n) is 2.72. The maximum Gasteiger partial charge on any atom is 0.106 e. The van der Waals surface area contributed by atoms with Gasteiger partial charge in [0.2, 0.25) is 0 Å². The molecule has 0 unspecified atom stereocenters. The van der Waals surface area contributed by atoms with Crippen LogP contribution in [0.15, 0.2) is 18.5 Å².